The van der Waals surface area contributed by atoms with Crippen LogP contribution < -0.4 is 5.32 Å². The summed E-state index contributed by atoms with van der Waals surface area (Å²) < 4.78 is 0. The van der Waals surface area contributed by atoms with E-state index in [1.54, 1.807) is 0 Å². The van der Waals surface area contributed by atoms with Crippen LogP contribution in [-0.2, 0) is 9.59 Å². The van der Waals surface area contributed by atoms with Gasteiger partial charge in [0.1, 0.15) is 0 Å². The second-order valence-electron chi connectivity index (χ2n) is 8.53. The molecule has 0 radical (unpaired) electrons. The summed E-state index contributed by atoms with van der Waals surface area (Å²) in [6.07, 6.45) is 3.16. The topological polar surface area (TPSA) is 49.4 Å². The van der Waals surface area contributed by atoms with E-state index < -0.39 is 0 Å². The van der Waals surface area contributed by atoms with Crippen LogP contribution >= 0.6 is 0 Å². The van der Waals surface area contributed by atoms with E-state index in [9.17, 15) is 9.59 Å². The fourth-order valence-corrected chi connectivity index (χ4v) is 3.80. The van der Waals surface area contributed by atoms with Gasteiger partial charge in [-0.1, -0.05) is 34.6 Å². The summed E-state index contributed by atoms with van der Waals surface area (Å²) in [5, 5.41) is 3.15. The minimum Gasteiger partial charge on any atom is -0.351 e. The monoisotopic (exact) mass is 310 g/mol. The predicted molar refractivity (Wildman–Crippen MR) is 90.5 cm³/mol. The van der Waals surface area contributed by atoms with Crippen LogP contribution in [0.15, 0.2) is 0 Å². The molecule has 1 aliphatic heterocycles. The Balaban J connectivity index is 2.66. The molecule has 1 rings (SSSR count). The highest BCUT2D eigenvalue weighted by molar-refractivity contribution is 5.89. The second kappa shape index (κ2) is 7.01. The molecule has 2 amide bonds. The fourth-order valence-electron chi connectivity index (χ4n) is 3.80. The minimum atomic E-state index is -0.249. The number of likely N-dealkylation sites (tertiary alicyclic amines) is 1. The van der Waals surface area contributed by atoms with Gasteiger partial charge in [0, 0.05) is 24.5 Å². The minimum absolute atomic E-state index is 0.0241. The molecule has 0 aromatic rings. The largest absolute Gasteiger partial charge is 0.351 e. The lowest BCUT2D eigenvalue weighted by Gasteiger charge is -2.34. The predicted octanol–water partition coefficient (Wildman–Crippen LogP) is 3.35. The van der Waals surface area contributed by atoms with Crippen LogP contribution in [0.5, 0.6) is 0 Å². The number of carbonyl (C=O) groups is 2. The van der Waals surface area contributed by atoms with E-state index in [0.29, 0.717) is 13.0 Å². The first-order valence-electron chi connectivity index (χ1n) is 8.60. The maximum Gasteiger partial charge on any atom is 0.225 e. The zero-order valence-electron chi connectivity index (χ0n) is 15.5. The summed E-state index contributed by atoms with van der Waals surface area (Å²) in [6, 6.07) is 0.271. The van der Waals surface area contributed by atoms with Gasteiger partial charge < -0.3 is 10.2 Å². The molecule has 1 aliphatic rings. The average molecular weight is 310 g/mol. The van der Waals surface area contributed by atoms with E-state index in [1.165, 1.54) is 0 Å². The number of hydrogen-bond donors (Lipinski definition) is 1. The summed E-state index contributed by atoms with van der Waals surface area (Å²) in [5.41, 5.74) is -0.0927. The normalized spacial score (nSPS) is 19.9. The first-order chi connectivity index (χ1) is 9.99. The summed E-state index contributed by atoms with van der Waals surface area (Å²) in [6.45, 7) is 15.4. The average Bonchev–Trinajstić information content (AvgIpc) is 2.70. The molecule has 1 N–H and O–H groups in total. The highest BCUT2D eigenvalue weighted by atomic mass is 16.2. The van der Waals surface area contributed by atoms with Crippen molar-refractivity contribution in [3.8, 4) is 0 Å². The maximum atomic E-state index is 12.5. The fraction of sp³-hybridized carbons (Fsp3) is 0.889. The molecule has 22 heavy (non-hydrogen) atoms. The van der Waals surface area contributed by atoms with Crippen LogP contribution in [0.4, 0.5) is 0 Å². The SMILES string of the molecule is CCC(CC)N1CC(C(=O)NC(C)(C)CC(C)(C)C)CC1=O. The van der Waals surface area contributed by atoms with Gasteiger partial charge in [-0.05, 0) is 38.5 Å². The molecule has 4 heteroatoms. The number of amides is 2. The van der Waals surface area contributed by atoms with Gasteiger partial charge in [-0.3, -0.25) is 9.59 Å². The molecule has 128 valence electrons. The Hall–Kier alpha value is -1.06. The van der Waals surface area contributed by atoms with Crippen molar-refractivity contribution in [2.24, 2.45) is 11.3 Å². The smallest absolute Gasteiger partial charge is 0.225 e. The van der Waals surface area contributed by atoms with Gasteiger partial charge in [0.2, 0.25) is 11.8 Å². The Morgan fingerprint density at radius 1 is 1.23 bits per heavy atom. The molecule has 0 saturated carbocycles. The Bertz CT molecular complexity index is 406. The van der Waals surface area contributed by atoms with Crippen LogP contribution in [0.25, 0.3) is 0 Å². The number of hydrogen-bond acceptors (Lipinski definition) is 2. The van der Waals surface area contributed by atoms with Crippen LogP contribution in [-0.4, -0.2) is 34.8 Å². The van der Waals surface area contributed by atoms with Gasteiger partial charge in [-0.2, -0.15) is 0 Å². The van der Waals surface area contributed by atoms with Crippen molar-refractivity contribution >= 4 is 11.8 Å². The molecule has 1 fully saturated rings. The maximum absolute atomic E-state index is 12.5. The van der Waals surface area contributed by atoms with Crippen LogP contribution in [0.3, 0.4) is 0 Å². The first-order valence-corrected chi connectivity index (χ1v) is 8.60. The molecule has 0 bridgehead atoms. The van der Waals surface area contributed by atoms with Crippen molar-refractivity contribution < 1.29 is 9.59 Å². The van der Waals surface area contributed by atoms with Crippen molar-refractivity contribution in [3.63, 3.8) is 0 Å². The summed E-state index contributed by atoms with van der Waals surface area (Å²) in [7, 11) is 0. The van der Waals surface area contributed by atoms with Gasteiger partial charge in [0.15, 0.2) is 0 Å². The Morgan fingerprint density at radius 2 is 1.77 bits per heavy atom. The summed E-state index contributed by atoms with van der Waals surface area (Å²) in [5.74, 6) is -0.0501. The zero-order chi connectivity index (χ0) is 17.1. The summed E-state index contributed by atoms with van der Waals surface area (Å²) in [4.78, 5) is 26.6. The molecule has 1 unspecified atom stereocenters. The standard InChI is InChI=1S/C18H34N2O2/c1-8-14(9-2)20-11-13(10-15(20)21)16(22)19-18(6,7)12-17(3,4)5/h13-14H,8-12H2,1-7H3,(H,19,22). The molecule has 1 saturated heterocycles. The van der Waals surface area contributed by atoms with E-state index in [1.807, 2.05) is 4.90 Å². The highest BCUT2D eigenvalue weighted by Crippen LogP contribution is 2.28. The molecule has 0 aromatic heterocycles. The second-order valence-corrected chi connectivity index (χ2v) is 8.53. The van der Waals surface area contributed by atoms with E-state index in [0.717, 1.165) is 19.3 Å². The molecule has 0 aromatic carbocycles. The number of nitrogens with one attached hydrogen (secondary N) is 1. The quantitative estimate of drug-likeness (QED) is 0.818. The van der Waals surface area contributed by atoms with E-state index in [-0.39, 0.29) is 34.7 Å². The summed E-state index contributed by atoms with van der Waals surface area (Å²) >= 11 is 0. The number of carbonyl (C=O) groups excluding carboxylic acids is 2. The van der Waals surface area contributed by atoms with Gasteiger partial charge in [-0.15, -0.1) is 0 Å². The van der Waals surface area contributed by atoms with Gasteiger partial charge in [0.25, 0.3) is 0 Å². The molecular weight excluding hydrogens is 276 g/mol. The lowest BCUT2D eigenvalue weighted by molar-refractivity contribution is -0.130. The Morgan fingerprint density at radius 3 is 2.23 bits per heavy atom. The Labute approximate surface area is 136 Å². The number of rotatable bonds is 6. The van der Waals surface area contributed by atoms with Gasteiger partial charge >= 0.3 is 0 Å². The van der Waals surface area contributed by atoms with Crippen LogP contribution in [0, 0.1) is 11.3 Å². The van der Waals surface area contributed by atoms with Crippen molar-refractivity contribution in [3.05, 3.63) is 0 Å². The molecular formula is C18H34N2O2. The Kier molecular flexibility index (Phi) is 6.05. The van der Waals surface area contributed by atoms with Crippen LogP contribution in [0.1, 0.15) is 74.1 Å². The van der Waals surface area contributed by atoms with Crippen LogP contribution in [0.2, 0.25) is 0 Å². The molecule has 0 aliphatic carbocycles. The zero-order valence-corrected chi connectivity index (χ0v) is 15.5. The lowest BCUT2D eigenvalue weighted by Crippen LogP contribution is -2.48. The van der Waals surface area contributed by atoms with E-state index in [4.69, 9.17) is 0 Å². The van der Waals surface area contributed by atoms with Gasteiger partial charge in [0.05, 0.1) is 5.92 Å². The first kappa shape index (κ1) is 19.0. The van der Waals surface area contributed by atoms with Crippen molar-refractivity contribution in [2.45, 2.75) is 85.7 Å². The van der Waals surface area contributed by atoms with Crippen molar-refractivity contribution in [1.29, 1.82) is 0 Å². The van der Waals surface area contributed by atoms with Crippen molar-refractivity contribution in [1.82, 2.24) is 10.2 Å². The third-order valence-electron chi connectivity index (χ3n) is 4.35. The number of nitrogens with zero attached hydrogens (tertiary/aromatic N) is 1. The van der Waals surface area contributed by atoms with E-state index >= 15 is 0 Å². The highest BCUT2D eigenvalue weighted by Gasteiger charge is 2.38. The van der Waals surface area contributed by atoms with Crippen molar-refractivity contribution in [2.75, 3.05) is 6.54 Å². The lowest BCUT2D eigenvalue weighted by atomic mass is 9.81. The molecule has 1 heterocycles. The molecule has 0 spiro atoms. The third kappa shape index (κ3) is 5.29. The molecule has 4 nitrogen and oxygen atoms in total. The molecule has 1 atom stereocenters. The van der Waals surface area contributed by atoms with Gasteiger partial charge in [-0.25, -0.2) is 0 Å². The third-order valence-corrected chi connectivity index (χ3v) is 4.35. The van der Waals surface area contributed by atoms with E-state index in [2.05, 4.69) is 53.8 Å².